The van der Waals surface area contributed by atoms with Crippen LogP contribution in [0.5, 0.6) is 17.2 Å². The zero-order chi connectivity index (χ0) is 23.5. The summed E-state index contributed by atoms with van der Waals surface area (Å²) in [5.41, 5.74) is 2.28. The SMILES string of the molecule is COc1ccc(Cn2c(=O)c(C#N)c(-c3cccc(Cl)c3)c3cc(OC)ccc32)c(OC)c1. The summed E-state index contributed by atoms with van der Waals surface area (Å²) in [6.45, 7) is 0.208. The number of nitrogens with zero attached hydrogens (tertiary/aromatic N) is 2. The maximum atomic E-state index is 13.6. The quantitative estimate of drug-likeness (QED) is 0.392. The number of hydrogen-bond donors (Lipinski definition) is 0. The van der Waals surface area contributed by atoms with Gasteiger partial charge in [-0.1, -0.05) is 23.7 Å². The zero-order valence-electron chi connectivity index (χ0n) is 18.4. The lowest BCUT2D eigenvalue weighted by Gasteiger charge is -2.18. The van der Waals surface area contributed by atoms with Crippen LogP contribution in [0.2, 0.25) is 5.02 Å². The van der Waals surface area contributed by atoms with Crippen molar-refractivity contribution in [2.24, 2.45) is 0 Å². The minimum atomic E-state index is -0.400. The first-order valence-corrected chi connectivity index (χ1v) is 10.5. The molecule has 0 radical (unpaired) electrons. The average molecular weight is 461 g/mol. The number of benzene rings is 3. The van der Waals surface area contributed by atoms with E-state index in [1.54, 1.807) is 62.3 Å². The molecule has 166 valence electrons. The summed E-state index contributed by atoms with van der Waals surface area (Å²) in [6.07, 6.45) is 0. The normalized spacial score (nSPS) is 10.6. The number of rotatable bonds is 6. The Hall–Kier alpha value is -3.95. The van der Waals surface area contributed by atoms with E-state index in [1.165, 1.54) is 0 Å². The van der Waals surface area contributed by atoms with E-state index in [2.05, 4.69) is 6.07 Å². The highest BCUT2D eigenvalue weighted by Crippen LogP contribution is 2.34. The highest BCUT2D eigenvalue weighted by atomic mass is 35.5. The second-order valence-electron chi connectivity index (χ2n) is 7.32. The number of pyridine rings is 1. The van der Waals surface area contributed by atoms with Crippen LogP contribution in [0.4, 0.5) is 0 Å². The Labute approximate surface area is 196 Å². The van der Waals surface area contributed by atoms with Crippen molar-refractivity contribution >= 4 is 22.5 Å². The van der Waals surface area contributed by atoms with E-state index in [0.717, 1.165) is 5.56 Å². The molecular weight excluding hydrogens is 440 g/mol. The topological polar surface area (TPSA) is 73.5 Å². The molecule has 4 aromatic rings. The third-order valence-electron chi connectivity index (χ3n) is 5.52. The standard InChI is InChI=1S/C26H21ClN2O4/c1-31-19-9-10-23-21(12-19)25(16-5-4-6-18(27)11-16)22(14-28)26(30)29(23)15-17-7-8-20(32-2)13-24(17)33-3/h4-13H,15H2,1-3H3. The Kier molecular flexibility index (Phi) is 6.25. The van der Waals surface area contributed by atoms with Crippen LogP contribution in [0.1, 0.15) is 11.1 Å². The molecule has 0 atom stereocenters. The number of fused-ring (bicyclic) bond motifs is 1. The number of aromatic nitrogens is 1. The molecule has 0 saturated carbocycles. The number of nitriles is 1. The van der Waals surface area contributed by atoms with Crippen LogP contribution in [0.25, 0.3) is 22.0 Å². The predicted octanol–water partition coefficient (Wildman–Crippen LogP) is 5.27. The summed E-state index contributed by atoms with van der Waals surface area (Å²) < 4.78 is 17.8. The van der Waals surface area contributed by atoms with Gasteiger partial charge in [0.05, 0.1) is 33.4 Å². The summed E-state index contributed by atoms with van der Waals surface area (Å²) in [6, 6.07) is 20.1. The zero-order valence-corrected chi connectivity index (χ0v) is 19.1. The summed E-state index contributed by atoms with van der Waals surface area (Å²) in [7, 11) is 4.71. The van der Waals surface area contributed by atoms with Gasteiger partial charge in [0, 0.05) is 27.6 Å². The van der Waals surface area contributed by atoms with Crippen molar-refractivity contribution in [2.75, 3.05) is 21.3 Å². The van der Waals surface area contributed by atoms with Gasteiger partial charge in [0.2, 0.25) is 0 Å². The van der Waals surface area contributed by atoms with Crippen LogP contribution < -0.4 is 19.8 Å². The van der Waals surface area contributed by atoms with Crippen LogP contribution in [-0.2, 0) is 6.54 Å². The molecule has 0 N–H and O–H groups in total. The fourth-order valence-electron chi connectivity index (χ4n) is 3.92. The summed E-state index contributed by atoms with van der Waals surface area (Å²) in [5, 5.41) is 11.2. The molecule has 1 heterocycles. The van der Waals surface area contributed by atoms with Crippen LogP contribution in [0, 0.1) is 11.3 Å². The smallest absolute Gasteiger partial charge is 0.269 e. The van der Waals surface area contributed by atoms with Crippen molar-refractivity contribution in [1.82, 2.24) is 4.57 Å². The summed E-state index contributed by atoms with van der Waals surface area (Å²) in [5.74, 6) is 1.84. The fourth-order valence-corrected chi connectivity index (χ4v) is 4.11. The third kappa shape index (κ3) is 4.11. The molecule has 0 aliphatic carbocycles. The van der Waals surface area contributed by atoms with Crippen molar-refractivity contribution in [1.29, 1.82) is 5.26 Å². The maximum absolute atomic E-state index is 13.6. The van der Waals surface area contributed by atoms with Gasteiger partial charge in [0.15, 0.2) is 0 Å². The second kappa shape index (κ2) is 9.27. The molecule has 0 fully saturated rings. The van der Waals surface area contributed by atoms with Gasteiger partial charge in [0.1, 0.15) is 28.9 Å². The van der Waals surface area contributed by atoms with Gasteiger partial charge in [0.25, 0.3) is 5.56 Å². The fraction of sp³-hybridized carbons (Fsp3) is 0.154. The van der Waals surface area contributed by atoms with Gasteiger partial charge in [-0.25, -0.2) is 0 Å². The lowest BCUT2D eigenvalue weighted by Crippen LogP contribution is -2.25. The minimum Gasteiger partial charge on any atom is -0.497 e. The van der Waals surface area contributed by atoms with Crippen LogP contribution in [0.15, 0.2) is 65.5 Å². The average Bonchev–Trinajstić information content (AvgIpc) is 2.84. The largest absolute Gasteiger partial charge is 0.497 e. The van der Waals surface area contributed by atoms with Crippen LogP contribution in [0.3, 0.4) is 0 Å². The molecule has 33 heavy (non-hydrogen) atoms. The Balaban J connectivity index is 2.04. The van der Waals surface area contributed by atoms with Crippen LogP contribution in [-0.4, -0.2) is 25.9 Å². The van der Waals surface area contributed by atoms with E-state index in [0.29, 0.717) is 44.3 Å². The van der Waals surface area contributed by atoms with E-state index in [1.807, 2.05) is 24.3 Å². The van der Waals surface area contributed by atoms with E-state index >= 15 is 0 Å². The molecule has 0 bridgehead atoms. The number of ether oxygens (including phenoxy) is 3. The van der Waals surface area contributed by atoms with E-state index in [9.17, 15) is 10.1 Å². The van der Waals surface area contributed by atoms with E-state index < -0.39 is 5.56 Å². The van der Waals surface area contributed by atoms with Crippen molar-refractivity contribution in [3.05, 3.63) is 87.2 Å². The van der Waals surface area contributed by atoms with Crippen molar-refractivity contribution in [3.8, 4) is 34.4 Å². The van der Waals surface area contributed by atoms with Gasteiger partial charge in [-0.15, -0.1) is 0 Å². The first kappa shape index (κ1) is 22.3. The Bertz CT molecular complexity index is 1450. The number of methoxy groups -OCH3 is 3. The Morgan fingerprint density at radius 2 is 1.67 bits per heavy atom. The van der Waals surface area contributed by atoms with Gasteiger partial charge in [-0.05, 0) is 48.0 Å². The van der Waals surface area contributed by atoms with E-state index in [4.69, 9.17) is 25.8 Å². The molecule has 0 spiro atoms. The third-order valence-corrected chi connectivity index (χ3v) is 5.76. The molecule has 6 nitrogen and oxygen atoms in total. The monoisotopic (exact) mass is 460 g/mol. The highest BCUT2D eigenvalue weighted by molar-refractivity contribution is 6.31. The highest BCUT2D eigenvalue weighted by Gasteiger charge is 2.20. The molecular formula is C26H21ClN2O4. The Morgan fingerprint density at radius 1 is 0.939 bits per heavy atom. The first-order valence-electron chi connectivity index (χ1n) is 10.1. The van der Waals surface area contributed by atoms with Gasteiger partial charge in [-0.2, -0.15) is 5.26 Å². The maximum Gasteiger partial charge on any atom is 0.269 e. The molecule has 0 saturated heterocycles. The molecule has 0 aliphatic heterocycles. The molecule has 4 rings (SSSR count). The molecule has 0 unspecified atom stereocenters. The Morgan fingerprint density at radius 3 is 2.33 bits per heavy atom. The first-order chi connectivity index (χ1) is 16.0. The van der Waals surface area contributed by atoms with Gasteiger partial charge >= 0.3 is 0 Å². The summed E-state index contributed by atoms with van der Waals surface area (Å²) in [4.78, 5) is 13.6. The summed E-state index contributed by atoms with van der Waals surface area (Å²) >= 11 is 6.22. The van der Waals surface area contributed by atoms with Crippen molar-refractivity contribution < 1.29 is 14.2 Å². The number of hydrogen-bond acceptors (Lipinski definition) is 5. The van der Waals surface area contributed by atoms with Crippen molar-refractivity contribution in [2.45, 2.75) is 6.54 Å². The lowest BCUT2D eigenvalue weighted by molar-refractivity contribution is 0.390. The molecule has 0 aliphatic rings. The molecule has 3 aromatic carbocycles. The molecule has 1 aromatic heterocycles. The molecule has 0 amide bonds. The number of halogens is 1. The molecule has 7 heteroatoms. The predicted molar refractivity (Wildman–Crippen MR) is 129 cm³/mol. The van der Waals surface area contributed by atoms with Gasteiger partial charge in [-0.3, -0.25) is 4.79 Å². The van der Waals surface area contributed by atoms with Gasteiger partial charge < -0.3 is 18.8 Å². The lowest BCUT2D eigenvalue weighted by atomic mass is 9.96. The van der Waals surface area contributed by atoms with Crippen LogP contribution >= 0.6 is 11.6 Å². The van der Waals surface area contributed by atoms with E-state index in [-0.39, 0.29) is 12.1 Å². The van der Waals surface area contributed by atoms with Crippen molar-refractivity contribution in [3.63, 3.8) is 0 Å². The second-order valence-corrected chi connectivity index (χ2v) is 7.76. The minimum absolute atomic E-state index is 0.0329.